The van der Waals surface area contributed by atoms with Crippen molar-refractivity contribution >= 4 is 17.0 Å². The first-order valence-corrected chi connectivity index (χ1v) is 18.0. The Kier molecular flexibility index (Phi) is 6.94. The Morgan fingerprint density at radius 3 is 1.69 bits per heavy atom. The normalized spacial score (nSPS) is 15.5. The zero-order valence-corrected chi connectivity index (χ0v) is 29.2. The number of aromatic nitrogens is 4. The largest absolute Gasteiger partial charge is 0.310 e. The molecule has 10 rings (SSSR count). The van der Waals surface area contributed by atoms with E-state index in [0.29, 0.717) is 23.4 Å². The summed E-state index contributed by atoms with van der Waals surface area (Å²) in [6.07, 6.45) is 3.44. The second-order valence-corrected chi connectivity index (χ2v) is 14.5. The van der Waals surface area contributed by atoms with Gasteiger partial charge < -0.3 is 4.57 Å². The molecule has 2 aromatic heterocycles. The number of hydrogen-bond acceptors (Lipinski definition) is 3. The van der Waals surface area contributed by atoms with Crippen LogP contribution in [0.3, 0.4) is 0 Å². The predicted molar refractivity (Wildman–Crippen MR) is 212 cm³/mol. The molecule has 0 radical (unpaired) electrons. The van der Waals surface area contributed by atoms with Gasteiger partial charge in [-0.2, -0.15) is 0 Å². The first-order chi connectivity index (χ1) is 25.5. The van der Waals surface area contributed by atoms with E-state index in [0.717, 1.165) is 28.8 Å². The Bertz CT molecular complexity index is 2590. The fraction of sp³-hybridized carbons (Fsp3) is 0.104. The van der Waals surface area contributed by atoms with Crippen molar-refractivity contribution < 1.29 is 0 Å². The summed E-state index contributed by atoms with van der Waals surface area (Å²) < 4.78 is 2.46. The Morgan fingerprint density at radius 1 is 0.538 bits per heavy atom. The number of fused-ring (bicyclic) bond motifs is 6. The molecular weight excluding hydrogens is 633 g/mol. The SMILES string of the molecule is CC1(C)C2=Cc3c(c4cc(-c5nc(-c6ccccc6)nc(-c6ccccc6)n5)ccc4n3-c3ccc(-c4ccccc4)cc3)CC2c2ccccc21. The van der Waals surface area contributed by atoms with Gasteiger partial charge in [-0.3, -0.25) is 0 Å². The molecule has 2 aliphatic carbocycles. The molecule has 2 aliphatic rings. The minimum atomic E-state index is -0.0465. The van der Waals surface area contributed by atoms with E-state index < -0.39 is 0 Å². The molecule has 52 heavy (non-hydrogen) atoms. The summed E-state index contributed by atoms with van der Waals surface area (Å²) in [6, 6.07) is 55.8. The van der Waals surface area contributed by atoms with Gasteiger partial charge >= 0.3 is 0 Å². The summed E-state index contributed by atoms with van der Waals surface area (Å²) in [4.78, 5) is 15.1. The molecule has 0 amide bonds. The molecule has 1 unspecified atom stereocenters. The third-order valence-electron chi connectivity index (χ3n) is 11.1. The Hall–Kier alpha value is -6.39. The third-order valence-corrected chi connectivity index (χ3v) is 11.1. The van der Waals surface area contributed by atoms with Gasteiger partial charge in [0.1, 0.15) is 0 Å². The lowest BCUT2D eigenvalue weighted by molar-refractivity contribution is 0.613. The highest BCUT2D eigenvalue weighted by atomic mass is 15.0. The van der Waals surface area contributed by atoms with Gasteiger partial charge in [-0.1, -0.05) is 147 Å². The minimum Gasteiger partial charge on any atom is -0.310 e. The summed E-state index contributed by atoms with van der Waals surface area (Å²) in [5.41, 5.74) is 14.6. The van der Waals surface area contributed by atoms with Crippen molar-refractivity contribution in [3.05, 3.63) is 186 Å². The van der Waals surface area contributed by atoms with E-state index in [-0.39, 0.29) is 5.41 Å². The molecule has 248 valence electrons. The fourth-order valence-electron chi connectivity index (χ4n) is 8.51. The molecule has 8 aromatic rings. The third kappa shape index (κ3) is 4.86. The van der Waals surface area contributed by atoms with Gasteiger partial charge in [-0.25, -0.2) is 15.0 Å². The van der Waals surface area contributed by atoms with E-state index in [1.165, 1.54) is 50.0 Å². The number of benzene rings is 6. The maximum atomic E-state index is 5.08. The number of nitrogens with zero attached hydrogens (tertiary/aromatic N) is 4. The second kappa shape index (κ2) is 11.9. The van der Waals surface area contributed by atoms with Gasteiger partial charge in [0, 0.05) is 39.1 Å². The molecule has 4 nitrogen and oxygen atoms in total. The summed E-state index contributed by atoms with van der Waals surface area (Å²) in [5.74, 6) is 2.34. The van der Waals surface area contributed by atoms with Gasteiger partial charge in [0.25, 0.3) is 0 Å². The fourth-order valence-corrected chi connectivity index (χ4v) is 8.51. The quantitative estimate of drug-likeness (QED) is 0.183. The van der Waals surface area contributed by atoms with Crippen LogP contribution in [0.1, 0.15) is 42.1 Å². The van der Waals surface area contributed by atoms with E-state index in [1.54, 1.807) is 0 Å². The first kappa shape index (κ1) is 30.4. The summed E-state index contributed by atoms with van der Waals surface area (Å²) in [5, 5.41) is 1.24. The monoisotopic (exact) mass is 668 g/mol. The topological polar surface area (TPSA) is 43.6 Å². The molecule has 0 spiro atoms. The van der Waals surface area contributed by atoms with Crippen LogP contribution in [0.4, 0.5) is 0 Å². The number of hydrogen-bond donors (Lipinski definition) is 0. The van der Waals surface area contributed by atoms with Crippen molar-refractivity contribution in [2.24, 2.45) is 0 Å². The summed E-state index contributed by atoms with van der Waals surface area (Å²) in [6.45, 7) is 4.77. The maximum absolute atomic E-state index is 5.08. The lowest BCUT2D eigenvalue weighted by Crippen LogP contribution is -2.19. The second-order valence-electron chi connectivity index (χ2n) is 14.5. The van der Waals surface area contributed by atoms with Crippen LogP contribution in [-0.4, -0.2) is 19.5 Å². The van der Waals surface area contributed by atoms with Crippen molar-refractivity contribution in [2.45, 2.75) is 31.6 Å². The Labute approximate surface area is 303 Å². The average molecular weight is 669 g/mol. The van der Waals surface area contributed by atoms with E-state index in [4.69, 9.17) is 15.0 Å². The lowest BCUT2D eigenvalue weighted by atomic mass is 9.76. The van der Waals surface area contributed by atoms with Crippen LogP contribution < -0.4 is 0 Å². The van der Waals surface area contributed by atoms with Gasteiger partial charge in [0.05, 0.1) is 11.2 Å². The molecule has 6 aromatic carbocycles. The molecule has 4 heteroatoms. The highest BCUT2D eigenvalue weighted by Gasteiger charge is 2.44. The van der Waals surface area contributed by atoms with E-state index >= 15 is 0 Å². The van der Waals surface area contributed by atoms with E-state index in [9.17, 15) is 0 Å². The van der Waals surface area contributed by atoms with Crippen molar-refractivity contribution in [2.75, 3.05) is 0 Å². The van der Waals surface area contributed by atoms with Gasteiger partial charge in [0.15, 0.2) is 17.5 Å². The standard InChI is InChI=1S/C48H36N4/c1-48(2)41-21-13-12-20-37(41)38-29-40-39-28-35(47-50-45(33-16-8-4-9-17-33)49-46(51-47)34-18-10-5-11-19-34)24-27-43(39)52(44(40)30-42(38)48)36-25-22-32(23-26-36)31-14-6-3-7-15-31/h3-28,30,38H,29H2,1-2H3. The van der Waals surface area contributed by atoms with Crippen LogP contribution in [0.15, 0.2) is 163 Å². The summed E-state index contributed by atoms with van der Waals surface area (Å²) in [7, 11) is 0. The predicted octanol–water partition coefficient (Wildman–Crippen LogP) is 11.5. The molecule has 0 saturated heterocycles. The molecule has 0 fully saturated rings. The first-order valence-electron chi connectivity index (χ1n) is 18.0. The van der Waals surface area contributed by atoms with Crippen molar-refractivity contribution in [3.8, 4) is 51.0 Å². The van der Waals surface area contributed by atoms with E-state index in [2.05, 4.69) is 146 Å². The molecule has 0 saturated carbocycles. The van der Waals surface area contributed by atoms with Gasteiger partial charge in [-0.05, 0) is 70.6 Å². The molecule has 0 bridgehead atoms. The lowest BCUT2D eigenvalue weighted by Gasteiger charge is -2.28. The van der Waals surface area contributed by atoms with Crippen LogP contribution in [0.5, 0.6) is 0 Å². The van der Waals surface area contributed by atoms with Crippen LogP contribution in [0.25, 0.3) is 68.0 Å². The van der Waals surface area contributed by atoms with Crippen LogP contribution in [-0.2, 0) is 11.8 Å². The summed E-state index contributed by atoms with van der Waals surface area (Å²) >= 11 is 0. The Balaban J connectivity index is 1.18. The van der Waals surface area contributed by atoms with Crippen molar-refractivity contribution in [1.82, 2.24) is 19.5 Å². The van der Waals surface area contributed by atoms with Gasteiger partial charge in [0.2, 0.25) is 0 Å². The smallest absolute Gasteiger partial charge is 0.164 e. The van der Waals surface area contributed by atoms with Crippen molar-refractivity contribution in [1.29, 1.82) is 0 Å². The molecule has 2 heterocycles. The van der Waals surface area contributed by atoms with Gasteiger partial charge in [-0.15, -0.1) is 0 Å². The highest BCUT2D eigenvalue weighted by Crippen LogP contribution is 2.55. The van der Waals surface area contributed by atoms with Crippen LogP contribution >= 0.6 is 0 Å². The average Bonchev–Trinajstić information content (AvgIpc) is 3.65. The van der Waals surface area contributed by atoms with E-state index in [1.807, 2.05) is 36.4 Å². The zero-order valence-electron chi connectivity index (χ0n) is 29.2. The number of rotatable bonds is 5. The highest BCUT2D eigenvalue weighted by molar-refractivity contribution is 5.95. The molecular formula is C48H36N4. The molecule has 0 aliphatic heterocycles. The number of allylic oxidation sites excluding steroid dienone is 1. The molecule has 1 atom stereocenters. The van der Waals surface area contributed by atoms with Crippen molar-refractivity contribution in [3.63, 3.8) is 0 Å². The van der Waals surface area contributed by atoms with Crippen LogP contribution in [0.2, 0.25) is 0 Å². The maximum Gasteiger partial charge on any atom is 0.164 e. The Morgan fingerprint density at radius 2 is 1.06 bits per heavy atom. The minimum absolute atomic E-state index is 0.0465. The molecule has 0 N–H and O–H groups in total. The zero-order chi connectivity index (χ0) is 34.8. The van der Waals surface area contributed by atoms with Crippen LogP contribution in [0, 0.1) is 0 Å².